The van der Waals surface area contributed by atoms with Crippen molar-refractivity contribution in [3.8, 4) is 11.5 Å². The number of benzene rings is 1. The molecule has 3 heteroatoms. The fourth-order valence-corrected chi connectivity index (χ4v) is 2.07. The lowest BCUT2D eigenvalue weighted by molar-refractivity contribution is 0.112. The molecular weight excluding hydrogens is 236 g/mol. The quantitative estimate of drug-likeness (QED) is 0.422. The van der Waals surface area contributed by atoms with Crippen molar-refractivity contribution in [2.75, 3.05) is 0 Å². The van der Waals surface area contributed by atoms with Gasteiger partial charge in [-0.1, -0.05) is 37.2 Å². The van der Waals surface area contributed by atoms with Gasteiger partial charge in [-0.15, -0.1) is 5.54 Å². The second kappa shape index (κ2) is 4.86. The molecular formula is C13H15ClOSi. The maximum absolute atomic E-state index is 10.9. The van der Waals surface area contributed by atoms with E-state index in [4.69, 9.17) is 11.6 Å². The summed E-state index contributed by atoms with van der Waals surface area (Å²) >= 11 is 6.10. The molecule has 0 heterocycles. The lowest BCUT2D eigenvalue weighted by Crippen LogP contribution is -2.16. The van der Waals surface area contributed by atoms with Crippen LogP contribution in [0.25, 0.3) is 0 Å². The first-order valence-corrected chi connectivity index (χ1v) is 9.00. The molecule has 0 atom stereocenters. The molecule has 0 saturated heterocycles. The molecule has 84 valence electrons. The van der Waals surface area contributed by atoms with Crippen LogP contribution in [-0.2, 0) is 0 Å². The lowest BCUT2D eigenvalue weighted by Gasteiger charge is -2.06. The van der Waals surface area contributed by atoms with E-state index in [1.807, 2.05) is 19.1 Å². The van der Waals surface area contributed by atoms with E-state index < -0.39 is 8.07 Å². The van der Waals surface area contributed by atoms with Crippen LogP contribution in [-0.4, -0.2) is 14.4 Å². The van der Waals surface area contributed by atoms with Crippen molar-refractivity contribution in [1.82, 2.24) is 0 Å². The fraction of sp³-hybridized carbons (Fsp3) is 0.308. The van der Waals surface area contributed by atoms with Crippen LogP contribution >= 0.6 is 11.6 Å². The van der Waals surface area contributed by atoms with Crippen molar-refractivity contribution in [3.05, 3.63) is 33.8 Å². The molecule has 1 rings (SSSR count). The van der Waals surface area contributed by atoms with Crippen LogP contribution in [0.5, 0.6) is 0 Å². The van der Waals surface area contributed by atoms with Gasteiger partial charge < -0.3 is 0 Å². The summed E-state index contributed by atoms with van der Waals surface area (Å²) in [5.74, 6) is 3.05. The molecule has 0 aliphatic heterocycles. The summed E-state index contributed by atoms with van der Waals surface area (Å²) in [7, 11) is -1.45. The molecule has 0 amide bonds. The molecule has 0 aromatic heterocycles. The van der Waals surface area contributed by atoms with Crippen LogP contribution in [0.3, 0.4) is 0 Å². The van der Waals surface area contributed by atoms with Gasteiger partial charge in [0, 0.05) is 5.56 Å². The summed E-state index contributed by atoms with van der Waals surface area (Å²) in [5.41, 5.74) is 5.43. The van der Waals surface area contributed by atoms with Crippen molar-refractivity contribution in [1.29, 1.82) is 0 Å². The first-order chi connectivity index (χ1) is 7.33. The maximum Gasteiger partial charge on any atom is 0.151 e. The number of carbonyl (C=O) groups excluding carboxylic acids is 1. The molecule has 0 spiro atoms. The summed E-state index contributed by atoms with van der Waals surface area (Å²) < 4.78 is 0. The minimum atomic E-state index is -1.45. The van der Waals surface area contributed by atoms with E-state index in [1.54, 1.807) is 0 Å². The Balaban J connectivity index is 3.32. The Hall–Kier alpha value is -1.04. The lowest BCUT2D eigenvalue weighted by atomic mass is 10.1. The number of rotatable bonds is 1. The number of hydrogen-bond acceptors (Lipinski definition) is 1. The van der Waals surface area contributed by atoms with Gasteiger partial charge in [-0.25, -0.2) is 0 Å². The summed E-state index contributed by atoms with van der Waals surface area (Å²) in [5, 5.41) is 0.563. The zero-order valence-electron chi connectivity index (χ0n) is 10.0. The zero-order valence-corrected chi connectivity index (χ0v) is 11.8. The standard InChI is InChI=1S/C13H15ClOSi/c1-10-7-11(9-15)12(13(14)8-10)5-6-16(2,3)4/h7-9H,1-4H3. The van der Waals surface area contributed by atoms with Gasteiger partial charge in [-0.05, 0) is 24.6 Å². The van der Waals surface area contributed by atoms with Gasteiger partial charge in [0.1, 0.15) is 8.07 Å². The van der Waals surface area contributed by atoms with Gasteiger partial charge in [0.2, 0.25) is 0 Å². The topological polar surface area (TPSA) is 17.1 Å². The van der Waals surface area contributed by atoms with Crippen molar-refractivity contribution in [3.63, 3.8) is 0 Å². The molecule has 0 aliphatic carbocycles. The largest absolute Gasteiger partial charge is 0.298 e. The van der Waals surface area contributed by atoms with E-state index in [2.05, 4.69) is 31.1 Å². The molecule has 0 N–H and O–H groups in total. The van der Waals surface area contributed by atoms with E-state index in [1.165, 1.54) is 0 Å². The third-order valence-electron chi connectivity index (χ3n) is 1.95. The highest BCUT2D eigenvalue weighted by atomic mass is 35.5. The Morgan fingerprint density at radius 3 is 2.44 bits per heavy atom. The molecule has 0 radical (unpaired) electrons. The smallest absolute Gasteiger partial charge is 0.151 e. The average molecular weight is 251 g/mol. The minimum Gasteiger partial charge on any atom is -0.298 e. The summed E-state index contributed by atoms with van der Waals surface area (Å²) in [4.78, 5) is 10.9. The van der Waals surface area contributed by atoms with Crippen LogP contribution in [0.15, 0.2) is 12.1 Å². The maximum atomic E-state index is 10.9. The van der Waals surface area contributed by atoms with Crippen LogP contribution in [0.2, 0.25) is 24.7 Å². The van der Waals surface area contributed by atoms with E-state index in [0.29, 0.717) is 16.1 Å². The van der Waals surface area contributed by atoms with E-state index in [-0.39, 0.29) is 0 Å². The molecule has 16 heavy (non-hydrogen) atoms. The Labute approximate surface area is 103 Å². The van der Waals surface area contributed by atoms with Crippen molar-refractivity contribution in [2.45, 2.75) is 26.6 Å². The highest BCUT2D eigenvalue weighted by Gasteiger charge is 2.10. The number of hydrogen-bond donors (Lipinski definition) is 0. The third kappa shape index (κ3) is 3.51. The van der Waals surface area contributed by atoms with Crippen LogP contribution in [0, 0.1) is 18.4 Å². The molecule has 0 unspecified atom stereocenters. The number of aldehydes is 1. The highest BCUT2D eigenvalue weighted by Crippen LogP contribution is 2.20. The Bertz CT molecular complexity index is 475. The van der Waals surface area contributed by atoms with Gasteiger partial charge in [0.25, 0.3) is 0 Å². The molecule has 1 nitrogen and oxygen atoms in total. The fourth-order valence-electron chi connectivity index (χ4n) is 1.24. The summed E-state index contributed by atoms with van der Waals surface area (Å²) in [6.07, 6.45) is 0.813. The monoisotopic (exact) mass is 250 g/mol. The Morgan fingerprint density at radius 1 is 1.31 bits per heavy atom. The van der Waals surface area contributed by atoms with Crippen LogP contribution < -0.4 is 0 Å². The predicted molar refractivity (Wildman–Crippen MR) is 71.8 cm³/mol. The first-order valence-electron chi connectivity index (χ1n) is 5.12. The second-order valence-corrected chi connectivity index (χ2v) is 9.99. The Kier molecular flexibility index (Phi) is 3.96. The SMILES string of the molecule is Cc1cc(Cl)c(C#C[Si](C)(C)C)c(C=O)c1. The van der Waals surface area contributed by atoms with Crippen LogP contribution in [0.1, 0.15) is 21.5 Å². The highest BCUT2D eigenvalue weighted by molar-refractivity contribution is 6.83. The first kappa shape index (κ1) is 13.0. The summed E-state index contributed by atoms with van der Waals surface area (Å²) in [6.45, 7) is 8.38. The molecule has 1 aromatic rings. The number of carbonyl (C=O) groups is 1. The normalized spacial score (nSPS) is 10.6. The van der Waals surface area contributed by atoms with E-state index in [0.717, 1.165) is 11.8 Å². The molecule has 0 fully saturated rings. The molecule has 0 bridgehead atoms. The zero-order chi connectivity index (χ0) is 12.3. The van der Waals surface area contributed by atoms with Gasteiger partial charge in [-0.2, -0.15) is 0 Å². The second-order valence-electron chi connectivity index (χ2n) is 4.83. The van der Waals surface area contributed by atoms with E-state index in [9.17, 15) is 4.79 Å². The number of aryl methyl sites for hydroxylation is 1. The average Bonchev–Trinajstić information content (AvgIpc) is 2.13. The van der Waals surface area contributed by atoms with E-state index >= 15 is 0 Å². The molecule has 0 aliphatic rings. The van der Waals surface area contributed by atoms with Crippen molar-refractivity contribution < 1.29 is 4.79 Å². The van der Waals surface area contributed by atoms with Gasteiger partial charge >= 0.3 is 0 Å². The third-order valence-corrected chi connectivity index (χ3v) is 3.13. The van der Waals surface area contributed by atoms with Crippen LogP contribution in [0.4, 0.5) is 0 Å². The van der Waals surface area contributed by atoms with Gasteiger partial charge in [-0.3, -0.25) is 4.79 Å². The Morgan fingerprint density at radius 2 is 1.94 bits per heavy atom. The molecule has 0 saturated carbocycles. The van der Waals surface area contributed by atoms with Gasteiger partial charge in [0.15, 0.2) is 6.29 Å². The van der Waals surface area contributed by atoms with Crippen molar-refractivity contribution >= 4 is 26.0 Å². The van der Waals surface area contributed by atoms with Gasteiger partial charge in [0.05, 0.1) is 10.6 Å². The minimum absolute atomic E-state index is 0.563. The summed E-state index contributed by atoms with van der Waals surface area (Å²) in [6, 6.07) is 3.65. The number of halogens is 1. The molecule has 1 aromatic carbocycles. The predicted octanol–water partition coefficient (Wildman–Crippen LogP) is 3.69. The van der Waals surface area contributed by atoms with Crippen molar-refractivity contribution in [2.24, 2.45) is 0 Å².